The average Bonchev–Trinajstić information content (AvgIpc) is 2.57. The number of carbonyl (C=O) groups is 1. The van der Waals surface area contributed by atoms with Gasteiger partial charge >= 0.3 is 5.97 Å². The van der Waals surface area contributed by atoms with Crippen LogP contribution in [0, 0.1) is 5.92 Å². The van der Waals surface area contributed by atoms with Crippen LogP contribution in [-0.2, 0) is 9.53 Å². The molecular weight excluding hydrogens is 296 g/mol. The topological polar surface area (TPSA) is 76.0 Å². The molecule has 1 aromatic carbocycles. The predicted molar refractivity (Wildman–Crippen MR) is 88.1 cm³/mol. The molecule has 0 bridgehead atoms. The third-order valence-electron chi connectivity index (χ3n) is 3.46. The number of rotatable bonds is 9. The molecule has 2 atom stereocenters. The first kappa shape index (κ1) is 18.9. The zero-order valence-corrected chi connectivity index (χ0v) is 13.6. The average molecular weight is 320 g/mol. The normalized spacial score (nSPS) is 14.0. The van der Waals surface area contributed by atoms with E-state index >= 15 is 0 Å². The van der Waals surface area contributed by atoms with Crippen LogP contribution in [0.5, 0.6) is 5.75 Å². The van der Waals surface area contributed by atoms with Gasteiger partial charge in [-0.2, -0.15) is 0 Å². The zero-order valence-electron chi connectivity index (χ0n) is 13.6. The first-order chi connectivity index (χ1) is 11.0. The van der Waals surface area contributed by atoms with Gasteiger partial charge in [-0.3, -0.25) is 0 Å². The van der Waals surface area contributed by atoms with Crippen LogP contribution in [0.25, 0.3) is 0 Å². The van der Waals surface area contributed by atoms with Crippen molar-refractivity contribution in [2.75, 3.05) is 19.8 Å². The number of hydrogen-bond donors (Lipinski definition) is 2. The van der Waals surface area contributed by atoms with Crippen LogP contribution in [0.15, 0.2) is 48.6 Å². The Balaban J connectivity index is 2.71. The van der Waals surface area contributed by atoms with Crippen LogP contribution in [0.3, 0.4) is 0 Å². The molecule has 1 rings (SSSR count). The van der Waals surface area contributed by atoms with Gasteiger partial charge in [-0.1, -0.05) is 37.3 Å². The molecule has 0 unspecified atom stereocenters. The lowest BCUT2D eigenvalue weighted by Gasteiger charge is -2.20. The summed E-state index contributed by atoms with van der Waals surface area (Å²) in [6, 6.07) is 6.99. The lowest BCUT2D eigenvalue weighted by molar-refractivity contribution is -0.136. The highest BCUT2D eigenvalue weighted by Gasteiger charge is 2.19. The van der Waals surface area contributed by atoms with Crippen LogP contribution in [-0.4, -0.2) is 36.0 Å². The monoisotopic (exact) mass is 320 g/mol. The van der Waals surface area contributed by atoms with E-state index in [0.717, 1.165) is 11.1 Å². The Morgan fingerprint density at radius 2 is 2.00 bits per heavy atom. The number of hydrogen-bond acceptors (Lipinski definition) is 5. The van der Waals surface area contributed by atoms with Crippen molar-refractivity contribution in [2.24, 2.45) is 5.92 Å². The van der Waals surface area contributed by atoms with Crippen molar-refractivity contribution in [3.8, 4) is 5.75 Å². The van der Waals surface area contributed by atoms with Crippen molar-refractivity contribution in [2.45, 2.75) is 20.0 Å². The fraction of sp³-hybridized carbons (Fsp3) is 0.389. The molecule has 0 aliphatic heterocycles. The minimum Gasteiger partial charge on any atom is -0.491 e. The number of esters is 1. The van der Waals surface area contributed by atoms with Crippen LogP contribution < -0.4 is 4.74 Å². The third kappa shape index (κ3) is 6.26. The summed E-state index contributed by atoms with van der Waals surface area (Å²) in [5, 5.41) is 19.1. The van der Waals surface area contributed by atoms with E-state index < -0.39 is 12.1 Å². The molecule has 0 aliphatic carbocycles. The van der Waals surface area contributed by atoms with Gasteiger partial charge in [-0.15, -0.1) is 0 Å². The van der Waals surface area contributed by atoms with Crippen LogP contribution >= 0.6 is 0 Å². The standard InChI is InChI=1S/C18H24O5/c1-4-10-23-17(20)12-13(2)14(3)18(21)15-5-7-16(8-6-15)22-11-9-19/h4-8,12,14,18-19,21H,1,9-11H2,2-3H3/b13-12+/t14-,18-/m1/s1. The van der Waals surface area contributed by atoms with E-state index in [4.69, 9.17) is 14.6 Å². The van der Waals surface area contributed by atoms with Gasteiger partial charge < -0.3 is 19.7 Å². The van der Waals surface area contributed by atoms with Crippen LogP contribution in [0.4, 0.5) is 0 Å². The van der Waals surface area contributed by atoms with Gasteiger partial charge in [-0.25, -0.2) is 4.79 Å². The van der Waals surface area contributed by atoms with E-state index in [-0.39, 0.29) is 25.7 Å². The van der Waals surface area contributed by atoms with Crippen LogP contribution in [0.1, 0.15) is 25.5 Å². The molecular formula is C18H24O5. The van der Waals surface area contributed by atoms with Crippen molar-refractivity contribution in [3.05, 3.63) is 54.1 Å². The van der Waals surface area contributed by atoms with E-state index in [9.17, 15) is 9.90 Å². The second-order valence-electron chi connectivity index (χ2n) is 5.18. The summed E-state index contributed by atoms with van der Waals surface area (Å²) in [6.45, 7) is 7.44. The van der Waals surface area contributed by atoms with Crippen molar-refractivity contribution >= 4 is 5.97 Å². The Morgan fingerprint density at radius 1 is 1.35 bits per heavy atom. The number of carbonyl (C=O) groups excluding carboxylic acids is 1. The van der Waals surface area contributed by atoms with E-state index in [1.165, 1.54) is 12.2 Å². The second kappa shape index (κ2) is 9.82. The lowest BCUT2D eigenvalue weighted by Crippen LogP contribution is -2.12. The molecule has 0 fully saturated rings. The summed E-state index contributed by atoms with van der Waals surface area (Å²) >= 11 is 0. The maximum atomic E-state index is 11.6. The van der Waals surface area contributed by atoms with E-state index in [0.29, 0.717) is 5.75 Å². The SMILES string of the molecule is C=CCOC(=O)/C=C(\C)[C@@H](C)[C@@H](O)c1ccc(OCCO)cc1. The Bertz CT molecular complexity index is 533. The van der Waals surface area contributed by atoms with Crippen molar-refractivity contribution in [1.29, 1.82) is 0 Å². The minimum absolute atomic E-state index is 0.0483. The predicted octanol–water partition coefficient (Wildman–Crippen LogP) is 2.40. The Labute approximate surface area is 136 Å². The fourth-order valence-corrected chi connectivity index (χ4v) is 1.96. The van der Waals surface area contributed by atoms with Gasteiger partial charge in [0.25, 0.3) is 0 Å². The molecule has 1 aromatic rings. The molecule has 0 heterocycles. The third-order valence-corrected chi connectivity index (χ3v) is 3.46. The van der Waals surface area contributed by atoms with E-state index in [1.807, 2.05) is 6.92 Å². The molecule has 2 N–H and O–H groups in total. The largest absolute Gasteiger partial charge is 0.491 e. The van der Waals surface area contributed by atoms with Crippen molar-refractivity contribution in [3.63, 3.8) is 0 Å². The van der Waals surface area contributed by atoms with E-state index in [2.05, 4.69) is 6.58 Å². The molecule has 5 heteroatoms. The second-order valence-corrected chi connectivity index (χ2v) is 5.18. The summed E-state index contributed by atoms with van der Waals surface area (Å²) in [5.74, 6) is -0.0624. The molecule has 0 spiro atoms. The summed E-state index contributed by atoms with van der Waals surface area (Å²) < 4.78 is 10.2. The van der Waals surface area contributed by atoms with E-state index in [1.54, 1.807) is 31.2 Å². The molecule has 23 heavy (non-hydrogen) atoms. The maximum absolute atomic E-state index is 11.6. The minimum atomic E-state index is -0.745. The highest BCUT2D eigenvalue weighted by atomic mass is 16.5. The smallest absolute Gasteiger partial charge is 0.331 e. The van der Waals surface area contributed by atoms with Crippen molar-refractivity contribution < 1.29 is 24.5 Å². The Kier molecular flexibility index (Phi) is 8.08. The summed E-state index contributed by atoms with van der Waals surface area (Å²) in [5.41, 5.74) is 1.45. The molecule has 0 aromatic heterocycles. The molecule has 126 valence electrons. The molecule has 0 saturated carbocycles. The summed E-state index contributed by atoms with van der Waals surface area (Å²) in [7, 11) is 0. The Hall–Kier alpha value is -2.11. The maximum Gasteiger partial charge on any atom is 0.331 e. The van der Waals surface area contributed by atoms with Gasteiger partial charge in [0.15, 0.2) is 0 Å². The summed E-state index contributed by atoms with van der Waals surface area (Å²) in [6.07, 6.45) is 2.14. The quantitative estimate of drug-likeness (QED) is 0.415. The Morgan fingerprint density at radius 3 is 2.57 bits per heavy atom. The molecule has 0 aliphatic rings. The zero-order chi connectivity index (χ0) is 17.2. The molecule has 0 saturated heterocycles. The molecule has 0 radical (unpaired) electrons. The fourth-order valence-electron chi connectivity index (χ4n) is 1.96. The highest BCUT2D eigenvalue weighted by molar-refractivity contribution is 5.82. The van der Waals surface area contributed by atoms with Gasteiger partial charge in [-0.05, 0) is 24.6 Å². The number of aliphatic hydroxyl groups is 2. The first-order valence-electron chi connectivity index (χ1n) is 7.47. The first-order valence-corrected chi connectivity index (χ1v) is 7.47. The number of benzene rings is 1. The number of ether oxygens (including phenoxy) is 2. The van der Waals surface area contributed by atoms with Gasteiger partial charge in [0.2, 0.25) is 0 Å². The lowest BCUT2D eigenvalue weighted by atomic mass is 9.91. The van der Waals surface area contributed by atoms with Gasteiger partial charge in [0, 0.05) is 12.0 Å². The molecule has 5 nitrogen and oxygen atoms in total. The highest BCUT2D eigenvalue weighted by Crippen LogP contribution is 2.28. The van der Waals surface area contributed by atoms with Crippen molar-refractivity contribution in [1.82, 2.24) is 0 Å². The van der Waals surface area contributed by atoms with Gasteiger partial charge in [0.05, 0.1) is 12.7 Å². The number of aliphatic hydroxyl groups excluding tert-OH is 2. The summed E-state index contributed by atoms with van der Waals surface area (Å²) in [4.78, 5) is 11.6. The molecule has 0 amide bonds. The van der Waals surface area contributed by atoms with Crippen LogP contribution in [0.2, 0.25) is 0 Å². The van der Waals surface area contributed by atoms with Gasteiger partial charge in [0.1, 0.15) is 19.0 Å².